The molecule has 0 aliphatic heterocycles. The van der Waals surface area contributed by atoms with Crippen LogP contribution in [-0.4, -0.2) is 9.55 Å². The zero-order valence-corrected chi connectivity index (χ0v) is 18.0. The van der Waals surface area contributed by atoms with Crippen LogP contribution in [0.3, 0.4) is 0 Å². The number of hydrogen-bond donors (Lipinski definition) is 0. The van der Waals surface area contributed by atoms with Crippen LogP contribution in [0.5, 0.6) is 0 Å². The van der Waals surface area contributed by atoms with Crippen molar-refractivity contribution >= 4 is 32.3 Å². The molecule has 0 atom stereocenters. The summed E-state index contributed by atoms with van der Waals surface area (Å²) >= 11 is 1.55. The van der Waals surface area contributed by atoms with Crippen molar-refractivity contribution in [2.24, 2.45) is 0 Å². The van der Waals surface area contributed by atoms with Gasteiger partial charge in [-0.15, -0.1) is 11.3 Å². The predicted octanol–water partition coefficient (Wildman–Crippen LogP) is 6.21. The number of aryl methyl sites for hydroxylation is 2. The van der Waals surface area contributed by atoms with Crippen LogP contribution in [0.15, 0.2) is 77.2 Å². The first-order chi connectivity index (χ1) is 15.3. The number of thiophene rings is 1. The minimum atomic E-state index is 0.0342. The molecule has 0 radical (unpaired) electrons. The van der Waals surface area contributed by atoms with Gasteiger partial charge in [-0.2, -0.15) is 0 Å². The molecule has 0 N–H and O–H groups in total. The lowest BCUT2D eigenvalue weighted by molar-refractivity contribution is 0.686. The van der Waals surface area contributed by atoms with E-state index in [4.69, 9.17) is 0 Å². The van der Waals surface area contributed by atoms with E-state index in [9.17, 15) is 4.79 Å². The van der Waals surface area contributed by atoms with Crippen LogP contribution >= 0.6 is 11.3 Å². The van der Waals surface area contributed by atoms with Gasteiger partial charge in [0.05, 0.1) is 18.3 Å². The van der Waals surface area contributed by atoms with Crippen LogP contribution in [0.25, 0.3) is 32.1 Å². The molecule has 3 aromatic carbocycles. The van der Waals surface area contributed by atoms with Gasteiger partial charge in [0, 0.05) is 10.9 Å². The molecule has 31 heavy (non-hydrogen) atoms. The molecule has 2 heterocycles. The third-order valence-corrected chi connectivity index (χ3v) is 7.33. The summed E-state index contributed by atoms with van der Waals surface area (Å²) in [5.41, 5.74) is 6.20. The molecule has 152 valence electrons. The summed E-state index contributed by atoms with van der Waals surface area (Å²) in [5.74, 6) is 0. The highest BCUT2D eigenvalue weighted by atomic mass is 32.1. The zero-order chi connectivity index (χ0) is 20.8. The van der Waals surface area contributed by atoms with Crippen molar-refractivity contribution in [1.82, 2.24) is 9.55 Å². The van der Waals surface area contributed by atoms with Gasteiger partial charge in [0.2, 0.25) is 0 Å². The summed E-state index contributed by atoms with van der Waals surface area (Å²) in [4.78, 5) is 19.0. The van der Waals surface area contributed by atoms with E-state index >= 15 is 0 Å². The van der Waals surface area contributed by atoms with Crippen molar-refractivity contribution in [3.63, 3.8) is 0 Å². The Morgan fingerprint density at radius 1 is 0.935 bits per heavy atom. The average Bonchev–Trinajstić information content (AvgIpc) is 3.26. The largest absolute Gasteiger partial charge is 0.294 e. The average molecular weight is 423 g/mol. The first-order valence-corrected chi connectivity index (χ1v) is 11.7. The second-order valence-corrected chi connectivity index (χ2v) is 9.19. The van der Waals surface area contributed by atoms with Crippen LogP contribution < -0.4 is 5.56 Å². The summed E-state index contributed by atoms with van der Waals surface area (Å²) < 4.78 is 1.75. The fourth-order valence-electron chi connectivity index (χ4n) is 4.81. The number of rotatable bonds is 3. The van der Waals surface area contributed by atoms with Crippen LogP contribution in [0, 0.1) is 0 Å². The second-order valence-electron chi connectivity index (χ2n) is 8.34. The van der Waals surface area contributed by atoms with E-state index in [1.54, 1.807) is 22.2 Å². The molecule has 5 aromatic rings. The highest BCUT2D eigenvalue weighted by Gasteiger charge is 2.16. The lowest BCUT2D eigenvalue weighted by Crippen LogP contribution is -2.21. The second kappa shape index (κ2) is 7.47. The van der Waals surface area contributed by atoms with Gasteiger partial charge in [-0.25, -0.2) is 4.98 Å². The minimum Gasteiger partial charge on any atom is -0.294 e. The maximum absolute atomic E-state index is 13.5. The van der Waals surface area contributed by atoms with Crippen LogP contribution in [-0.2, 0) is 19.4 Å². The molecule has 0 unspecified atom stereocenters. The van der Waals surface area contributed by atoms with Gasteiger partial charge >= 0.3 is 0 Å². The first-order valence-electron chi connectivity index (χ1n) is 10.8. The van der Waals surface area contributed by atoms with Crippen molar-refractivity contribution in [3.8, 4) is 11.1 Å². The lowest BCUT2D eigenvalue weighted by Gasteiger charge is -2.16. The Morgan fingerprint density at radius 2 is 1.77 bits per heavy atom. The zero-order valence-electron chi connectivity index (χ0n) is 17.2. The molecular weight excluding hydrogens is 400 g/mol. The Hall–Kier alpha value is -3.24. The molecule has 4 heteroatoms. The summed E-state index contributed by atoms with van der Waals surface area (Å²) in [5, 5.41) is 5.19. The smallest absolute Gasteiger partial charge is 0.263 e. The van der Waals surface area contributed by atoms with Crippen LogP contribution in [0.2, 0.25) is 0 Å². The molecule has 2 aromatic heterocycles. The third kappa shape index (κ3) is 3.19. The number of nitrogens with zero attached hydrogens (tertiary/aromatic N) is 2. The molecule has 0 bridgehead atoms. The van der Waals surface area contributed by atoms with Crippen molar-refractivity contribution < 1.29 is 0 Å². The topological polar surface area (TPSA) is 34.9 Å². The van der Waals surface area contributed by atoms with Gasteiger partial charge in [0.15, 0.2) is 0 Å². The quantitative estimate of drug-likeness (QED) is 0.347. The Bertz CT molecular complexity index is 1490. The fraction of sp³-hybridized carbons (Fsp3) is 0.185. The maximum Gasteiger partial charge on any atom is 0.263 e. The summed E-state index contributed by atoms with van der Waals surface area (Å²) in [6.07, 6.45) is 6.52. The SMILES string of the molecule is O=c1c2c(-c3ccc4c(c3)CCCC4)csc2ncn1Cc1cccc2ccccc12. The molecule has 3 nitrogen and oxygen atoms in total. The Kier molecular flexibility index (Phi) is 4.46. The highest BCUT2D eigenvalue weighted by molar-refractivity contribution is 7.17. The van der Waals surface area contributed by atoms with E-state index in [1.807, 2.05) is 12.1 Å². The lowest BCUT2D eigenvalue weighted by atomic mass is 9.89. The van der Waals surface area contributed by atoms with Crippen molar-refractivity contribution in [3.05, 3.63) is 99.4 Å². The van der Waals surface area contributed by atoms with E-state index in [2.05, 4.69) is 58.9 Å². The first kappa shape index (κ1) is 18.5. The Morgan fingerprint density at radius 3 is 2.71 bits per heavy atom. The number of hydrogen-bond acceptors (Lipinski definition) is 3. The molecule has 1 aliphatic rings. The van der Waals surface area contributed by atoms with Gasteiger partial charge in [0.25, 0.3) is 5.56 Å². The monoisotopic (exact) mass is 422 g/mol. The van der Waals surface area contributed by atoms with Crippen LogP contribution in [0.1, 0.15) is 29.5 Å². The molecule has 1 aliphatic carbocycles. The van der Waals surface area contributed by atoms with E-state index in [1.165, 1.54) is 41.2 Å². The molecule has 0 saturated heterocycles. The Balaban J connectivity index is 1.46. The van der Waals surface area contributed by atoms with Gasteiger partial charge < -0.3 is 0 Å². The predicted molar refractivity (Wildman–Crippen MR) is 129 cm³/mol. The number of benzene rings is 3. The van der Waals surface area contributed by atoms with E-state index in [0.717, 1.165) is 33.3 Å². The minimum absolute atomic E-state index is 0.0342. The fourth-order valence-corrected chi connectivity index (χ4v) is 5.71. The highest BCUT2D eigenvalue weighted by Crippen LogP contribution is 2.33. The number of aromatic nitrogens is 2. The molecule has 0 saturated carbocycles. The summed E-state index contributed by atoms with van der Waals surface area (Å²) in [6, 6.07) is 21.3. The van der Waals surface area contributed by atoms with Crippen molar-refractivity contribution in [1.29, 1.82) is 0 Å². The van der Waals surface area contributed by atoms with E-state index in [0.29, 0.717) is 6.54 Å². The molecule has 0 spiro atoms. The van der Waals surface area contributed by atoms with Gasteiger partial charge in [-0.1, -0.05) is 60.7 Å². The molecule has 0 fully saturated rings. The van der Waals surface area contributed by atoms with E-state index in [-0.39, 0.29) is 5.56 Å². The molecule has 0 amide bonds. The van der Waals surface area contributed by atoms with Gasteiger partial charge in [0.1, 0.15) is 4.83 Å². The third-order valence-electron chi connectivity index (χ3n) is 6.44. The Labute approximate surface area is 184 Å². The maximum atomic E-state index is 13.5. The standard InChI is InChI=1S/C27H22N2OS/c30-27-25-24(21-13-12-18-6-1-2-8-20(18)14-21)16-31-26(25)28-17-29(27)15-22-10-5-9-19-7-3-4-11-23(19)22/h3-5,7,9-14,16-17H,1-2,6,8,15H2. The number of fused-ring (bicyclic) bond motifs is 3. The van der Waals surface area contributed by atoms with Crippen LogP contribution in [0.4, 0.5) is 0 Å². The summed E-state index contributed by atoms with van der Waals surface area (Å²) in [6.45, 7) is 0.516. The van der Waals surface area contributed by atoms with E-state index < -0.39 is 0 Å². The molecule has 6 rings (SSSR count). The van der Waals surface area contributed by atoms with Gasteiger partial charge in [-0.05, 0) is 58.7 Å². The normalized spacial score (nSPS) is 13.5. The van der Waals surface area contributed by atoms with Crippen molar-refractivity contribution in [2.75, 3.05) is 0 Å². The van der Waals surface area contributed by atoms with Crippen molar-refractivity contribution in [2.45, 2.75) is 32.2 Å². The summed E-state index contributed by atoms with van der Waals surface area (Å²) in [7, 11) is 0. The van der Waals surface area contributed by atoms with Gasteiger partial charge in [-0.3, -0.25) is 9.36 Å². The molecular formula is C27H22N2OS.